The van der Waals surface area contributed by atoms with Gasteiger partial charge in [0, 0.05) is 0 Å². The Balaban J connectivity index is 2.14. The molecule has 0 aromatic carbocycles. The lowest BCUT2D eigenvalue weighted by Crippen LogP contribution is -2.31. The highest BCUT2D eigenvalue weighted by Gasteiger charge is 2.29. The molecule has 0 amide bonds. The van der Waals surface area contributed by atoms with E-state index in [1.807, 2.05) is 0 Å². The summed E-state index contributed by atoms with van der Waals surface area (Å²) in [7, 11) is 0. The van der Waals surface area contributed by atoms with Crippen LogP contribution in [0.15, 0.2) is 0 Å². The van der Waals surface area contributed by atoms with E-state index in [9.17, 15) is 5.26 Å². The summed E-state index contributed by atoms with van der Waals surface area (Å²) in [5.41, 5.74) is 4.91. The van der Waals surface area contributed by atoms with Crippen molar-refractivity contribution in [3.05, 3.63) is 22.4 Å². The Morgan fingerprint density at radius 3 is 2.39 bits per heavy atom. The quantitative estimate of drug-likeness (QED) is 0.757. The molecule has 0 saturated carbocycles. The van der Waals surface area contributed by atoms with Crippen LogP contribution in [0.1, 0.15) is 48.1 Å². The number of aryl methyl sites for hydroxylation is 1. The molecule has 0 unspecified atom stereocenters. The van der Waals surface area contributed by atoms with Crippen LogP contribution in [0.25, 0.3) is 0 Å². The smallest absolute Gasteiger partial charge is 0.261 e. The van der Waals surface area contributed by atoms with Gasteiger partial charge in [0.15, 0.2) is 0 Å². The zero-order valence-electron chi connectivity index (χ0n) is 11.1. The maximum Gasteiger partial charge on any atom is 0.293 e. The van der Waals surface area contributed by atoms with Crippen molar-refractivity contribution in [1.29, 1.82) is 5.26 Å². The fourth-order valence-electron chi connectivity index (χ4n) is 3.35. The Hall–Kier alpha value is -1.56. The van der Waals surface area contributed by atoms with Crippen LogP contribution >= 0.6 is 0 Å². The number of pyridine rings is 1. The number of hydrogen-bond acceptors (Lipinski definition) is 2. The van der Waals surface area contributed by atoms with E-state index in [1.54, 1.807) is 0 Å². The molecule has 0 radical (unpaired) electrons. The summed E-state index contributed by atoms with van der Waals surface area (Å²) in [5.74, 6) is 1.08. The molecule has 1 saturated heterocycles. The lowest BCUT2D eigenvalue weighted by atomic mass is 9.88. The minimum absolute atomic E-state index is 0.914. The van der Waals surface area contributed by atoms with Gasteiger partial charge in [-0.25, -0.2) is 4.98 Å². The number of nitrogens with one attached hydrogen (secondary N) is 1. The van der Waals surface area contributed by atoms with E-state index < -0.39 is 0 Å². The monoisotopic (exact) mass is 242 g/mol. The number of anilines is 1. The first-order valence-corrected chi connectivity index (χ1v) is 7.04. The highest BCUT2D eigenvalue weighted by Crippen LogP contribution is 2.30. The zero-order valence-corrected chi connectivity index (χ0v) is 11.1. The lowest BCUT2D eigenvalue weighted by molar-refractivity contribution is -0.374. The summed E-state index contributed by atoms with van der Waals surface area (Å²) < 4.78 is 0. The topological polar surface area (TPSA) is 41.2 Å². The molecule has 1 fully saturated rings. The first kappa shape index (κ1) is 11.5. The zero-order chi connectivity index (χ0) is 12.5. The van der Waals surface area contributed by atoms with Gasteiger partial charge in [0.05, 0.1) is 13.1 Å². The van der Waals surface area contributed by atoms with Crippen molar-refractivity contribution < 1.29 is 4.98 Å². The molecule has 0 bridgehead atoms. The van der Waals surface area contributed by atoms with Gasteiger partial charge in [-0.1, -0.05) is 0 Å². The molecule has 0 atom stereocenters. The van der Waals surface area contributed by atoms with Crippen LogP contribution in [0.5, 0.6) is 0 Å². The molecular formula is C15H20N3+. The average Bonchev–Trinajstić information content (AvgIpc) is 2.92. The Morgan fingerprint density at radius 2 is 1.72 bits per heavy atom. The SMILES string of the molecule is Cc1[nH+]c(N2CCCC2)c(C#N)c2c1CCCC2. The van der Waals surface area contributed by atoms with E-state index in [0.717, 1.165) is 37.3 Å². The van der Waals surface area contributed by atoms with Gasteiger partial charge < -0.3 is 0 Å². The van der Waals surface area contributed by atoms with Gasteiger partial charge in [0.1, 0.15) is 17.3 Å². The van der Waals surface area contributed by atoms with E-state index >= 15 is 0 Å². The second kappa shape index (κ2) is 4.61. The van der Waals surface area contributed by atoms with Crippen LogP contribution in [-0.4, -0.2) is 13.1 Å². The molecule has 1 aliphatic carbocycles. The summed E-state index contributed by atoms with van der Waals surface area (Å²) >= 11 is 0. The van der Waals surface area contributed by atoms with Crippen molar-refractivity contribution in [2.75, 3.05) is 18.0 Å². The number of fused-ring (bicyclic) bond motifs is 1. The molecule has 1 aliphatic heterocycles. The summed E-state index contributed by atoms with van der Waals surface area (Å²) in [5, 5.41) is 9.53. The molecule has 1 N–H and O–H groups in total. The summed E-state index contributed by atoms with van der Waals surface area (Å²) in [4.78, 5) is 5.85. The van der Waals surface area contributed by atoms with E-state index in [0.29, 0.717) is 0 Å². The minimum atomic E-state index is 0.914. The fourth-order valence-corrected chi connectivity index (χ4v) is 3.35. The van der Waals surface area contributed by atoms with Crippen LogP contribution < -0.4 is 9.88 Å². The molecule has 94 valence electrons. The highest BCUT2D eigenvalue weighted by molar-refractivity contribution is 5.58. The third-order valence-corrected chi connectivity index (χ3v) is 4.30. The molecule has 18 heavy (non-hydrogen) atoms. The van der Waals surface area contributed by atoms with Crippen molar-refractivity contribution >= 4 is 5.82 Å². The van der Waals surface area contributed by atoms with Gasteiger partial charge in [-0.05, 0) is 56.6 Å². The maximum atomic E-state index is 9.53. The summed E-state index contributed by atoms with van der Waals surface area (Å²) in [6.45, 7) is 4.33. The summed E-state index contributed by atoms with van der Waals surface area (Å²) in [6, 6.07) is 2.45. The predicted octanol–water partition coefficient (Wildman–Crippen LogP) is 2.16. The second-order valence-corrected chi connectivity index (χ2v) is 5.44. The summed E-state index contributed by atoms with van der Waals surface area (Å²) in [6.07, 6.45) is 7.19. The van der Waals surface area contributed by atoms with Gasteiger partial charge in [0.25, 0.3) is 5.82 Å². The molecule has 2 heterocycles. The molecule has 2 aliphatic rings. The molecule has 1 aromatic heterocycles. The van der Waals surface area contributed by atoms with Crippen LogP contribution in [-0.2, 0) is 12.8 Å². The van der Waals surface area contributed by atoms with Crippen molar-refractivity contribution in [3.8, 4) is 6.07 Å². The normalized spacial score (nSPS) is 18.6. The first-order valence-electron chi connectivity index (χ1n) is 7.04. The van der Waals surface area contributed by atoms with Crippen LogP contribution in [0.2, 0.25) is 0 Å². The Labute approximate surface area is 108 Å². The van der Waals surface area contributed by atoms with Crippen LogP contribution in [0.3, 0.4) is 0 Å². The predicted molar refractivity (Wildman–Crippen MR) is 70.5 cm³/mol. The van der Waals surface area contributed by atoms with E-state index in [-0.39, 0.29) is 0 Å². The van der Waals surface area contributed by atoms with Crippen molar-refractivity contribution in [2.24, 2.45) is 0 Å². The number of aromatic amines is 1. The van der Waals surface area contributed by atoms with Crippen LogP contribution in [0.4, 0.5) is 5.82 Å². The lowest BCUT2D eigenvalue weighted by Gasteiger charge is -2.20. The second-order valence-electron chi connectivity index (χ2n) is 5.44. The van der Waals surface area contributed by atoms with E-state index in [4.69, 9.17) is 0 Å². The van der Waals surface area contributed by atoms with Gasteiger partial charge in [-0.3, -0.25) is 4.90 Å². The number of nitrogens with zero attached hydrogens (tertiary/aromatic N) is 2. The molecule has 3 heteroatoms. The van der Waals surface area contributed by atoms with Gasteiger partial charge in [-0.15, -0.1) is 0 Å². The Morgan fingerprint density at radius 1 is 1.06 bits per heavy atom. The van der Waals surface area contributed by atoms with E-state index in [1.165, 1.54) is 42.5 Å². The number of H-pyrrole nitrogens is 1. The van der Waals surface area contributed by atoms with Gasteiger partial charge in [-0.2, -0.15) is 5.26 Å². The van der Waals surface area contributed by atoms with Crippen LogP contribution in [0, 0.1) is 18.3 Å². The Kier molecular flexibility index (Phi) is 2.95. The van der Waals surface area contributed by atoms with Gasteiger partial charge >= 0.3 is 0 Å². The standard InChI is InChI=1S/C15H19N3/c1-11-12-6-2-3-7-13(12)14(10-16)15(17-11)18-8-4-5-9-18/h2-9H2,1H3/p+1. The molecule has 3 rings (SSSR count). The van der Waals surface area contributed by atoms with Gasteiger partial charge in [0.2, 0.25) is 0 Å². The highest BCUT2D eigenvalue weighted by atomic mass is 15.2. The Bertz CT molecular complexity index is 507. The third kappa shape index (κ3) is 1.77. The molecule has 3 nitrogen and oxygen atoms in total. The number of aromatic nitrogens is 1. The van der Waals surface area contributed by atoms with Crippen molar-refractivity contribution in [1.82, 2.24) is 0 Å². The van der Waals surface area contributed by atoms with E-state index in [2.05, 4.69) is 22.9 Å². The van der Waals surface area contributed by atoms with Crippen molar-refractivity contribution in [3.63, 3.8) is 0 Å². The number of nitriles is 1. The first-order chi connectivity index (χ1) is 8.81. The molecular weight excluding hydrogens is 222 g/mol. The molecule has 0 spiro atoms. The number of rotatable bonds is 1. The largest absolute Gasteiger partial charge is 0.293 e. The number of hydrogen-bond donors (Lipinski definition) is 0. The third-order valence-electron chi connectivity index (χ3n) is 4.30. The minimum Gasteiger partial charge on any atom is -0.261 e. The maximum absolute atomic E-state index is 9.53. The van der Waals surface area contributed by atoms with Crippen molar-refractivity contribution in [2.45, 2.75) is 45.4 Å². The fraction of sp³-hybridized carbons (Fsp3) is 0.600. The average molecular weight is 242 g/mol. The molecule has 1 aromatic rings.